The van der Waals surface area contributed by atoms with Crippen LogP contribution in [-0.4, -0.2) is 30.5 Å². The van der Waals surface area contributed by atoms with Gasteiger partial charge in [0.1, 0.15) is 10.7 Å². The zero-order valence-electron chi connectivity index (χ0n) is 9.36. The maximum absolute atomic E-state index is 11.0. The summed E-state index contributed by atoms with van der Waals surface area (Å²) in [4.78, 5) is 23.4. The fourth-order valence-corrected chi connectivity index (χ4v) is 2.16. The molecule has 0 aliphatic carbocycles. The molecule has 1 N–H and O–H groups in total. The monoisotopic (exact) mass is 260 g/mol. The largest absolute Gasteiger partial charge is 0.293 e. The molecule has 18 heavy (non-hydrogen) atoms. The standard InChI is InChI=1S/C10H8N6OS/c1-6(17)13-9-14-10-12-3-2-7(16(10)15-9)8-11-4-5-18-8/h2-5H,1H3,(H,13,15,17). The summed E-state index contributed by atoms with van der Waals surface area (Å²) < 4.78 is 1.56. The lowest BCUT2D eigenvalue weighted by molar-refractivity contribution is -0.114. The van der Waals surface area contributed by atoms with Gasteiger partial charge in [0.15, 0.2) is 0 Å². The van der Waals surface area contributed by atoms with Crippen molar-refractivity contribution < 1.29 is 4.79 Å². The van der Waals surface area contributed by atoms with E-state index in [1.165, 1.54) is 18.3 Å². The highest BCUT2D eigenvalue weighted by molar-refractivity contribution is 7.13. The van der Waals surface area contributed by atoms with Crippen molar-refractivity contribution in [2.24, 2.45) is 0 Å². The third-order valence-corrected chi connectivity index (χ3v) is 2.98. The number of hydrogen-bond acceptors (Lipinski definition) is 6. The zero-order chi connectivity index (χ0) is 12.5. The number of thiazole rings is 1. The SMILES string of the molecule is CC(=O)Nc1nc2nccc(-c3nccs3)n2n1. The van der Waals surface area contributed by atoms with Crippen LogP contribution in [-0.2, 0) is 4.79 Å². The minimum Gasteiger partial charge on any atom is -0.293 e. The number of carbonyl (C=O) groups excluding carboxylic acids is 1. The first-order valence-electron chi connectivity index (χ1n) is 5.13. The molecule has 3 rings (SSSR count). The van der Waals surface area contributed by atoms with Crippen molar-refractivity contribution in [1.82, 2.24) is 24.6 Å². The summed E-state index contributed by atoms with van der Waals surface area (Å²) in [5, 5.41) is 9.42. The molecule has 0 unspecified atom stereocenters. The van der Waals surface area contributed by atoms with Crippen LogP contribution >= 0.6 is 11.3 Å². The third kappa shape index (κ3) is 1.82. The van der Waals surface area contributed by atoms with Crippen molar-refractivity contribution in [1.29, 1.82) is 0 Å². The Morgan fingerprint density at radius 1 is 1.39 bits per heavy atom. The first kappa shape index (κ1) is 10.8. The lowest BCUT2D eigenvalue weighted by atomic mass is 10.4. The molecule has 1 amide bonds. The van der Waals surface area contributed by atoms with Crippen molar-refractivity contribution in [2.45, 2.75) is 6.92 Å². The van der Waals surface area contributed by atoms with E-state index in [-0.39, 0.29) is 11.9 Å². The second kappa shape index (κ2) is 4.15. The Hall–Kier alpha value is -2.35. The summed E-state index contributed by atoms with van der Waals surface area (Å²) in [5.41, 5.74) is 0.791. The molecule has 90 valence electrons. The fourth-order valence-electron chi connectivity index (χ4n) is 1.52. The van der Waals surface area contributed by atoms with E-state index in [1.54, 1.807) is 23.0 Å². The van der Waals surface area contributed by atoms with Crippen molar-refractivity contribution in [3.63, 3.8) is 0 Å². The van der Waals surface area contributed by atoms with Crippen LogP contribution in [0.15, 0.2) is 23.8 Å². The topological polar surface area (TPSA) is 85.1 Å². The highest BCUT2D eigenvalue weighted by atomic mass is 32.1. The second-order valence-electron chi connectivity index (χ2n) is 3.50. The van der Waals surface area contributed by atoms with Gasteiger partial charge in [-0.2, -0.15) is 9.50 Å². The third-order valence-electron chi connectivity index (χ3n) is 2.18. The van der Waals surface area contributed by atoms with Crippen LogP contribution in [0.5, 0.6) is 0 Å². The van der Waals surface area contributed by atoms with Gasteiger partial charge in [-0.3, -0.25) is 10.1 Å². The van der Waals surface area contributed by atoms with E-state index in [2.05, 4.69) is 25.4 Å². The van der Waals surface area contributed by atoms with Gasteiger partial charge in [0, 0.05) is 24.7 Å². The summed E-state index contributed by atoms with van der Waals surface area (Å²) in [6, 6.07) is 1.80. The van der Waals surface area contributed by atoms with Gasteiger partial charge >= 0.3 is 0 Å². The van der Waals surface area contributed by atoms with Crippen LogP contribution in [0.4, 0.5) is 5.95 Å². The molecule has 0 radical (unpaired) electrons. The molecular formula is C10H8N6OS. The molecule has 7 nitrogen and oxygen atoms in total. The van der Waals surface area contributed by atoms with Crippen LogP contribution in [0, 0.1) is 0 Å². The number of nitrogens with one attached hydrogen (secondary N) is 1. The predicted molar refractivity (Wildman–Crippen MR) is 66.2 cm³/mol. The Bertz CT molecular complexity index is 704. The van der Waals surface area contributed by atoms with Crippen LogP contribution in [0.1, 0.15) is 6.92 Å². The molecule has 0 saturated carbocycles. The Kier molecular flexibility index (Phi) is 2.49. The molecule has 0 bridgehead atoms. The van der Waals surface area contributed by atoms with Crippen LogP contribution in [0.25, 0.3) is 16.5 Å². The highest BCUT2D eigenvalue weighted by Crippen LogP contribution is 2.21. The number of hydrogen-bond donors (Lipinski definition) is 1. The average molecular weight is 260 g/mol. The van der Waals surface area contributed by atoms with Crippen LogP contribution in [0.3, 0.4) is 0 Å². The lowest BCUT2D eigenvalue weighted by Crippen LogP contribution is -2.07. The van der Waals surface area contributed by atoms with E-state index in [9.17, 15) is 4.79 Å². The molecule has 8 heteroatoms. The number of amides is 1. The predicted octanol–water partition coefficient (Wildman–Crippen LogP) is 1.21. The Balaban J connectivity index is 2.16. The van der Waals surface area contributed by atoms with Gasteiger partial charge in [0.05, 0.1) is 0 Å². The quantitative estimate of drug-likeness (QED) is 0.748. The van der Waals surface area contributed by atoms with E-state index in [0.29, 0.717) is 5.78 Å². The number of aromatic nitrogens is 5. The maximum atomic E-state index is 11.0. The minimum atomic E-state index is -0.221. The number of nitrogens with zero attached hydrogens (tertiary/aromatic N) is 5. The van der Waals surface area contributed by atoms with E-state index >= 15 is 0 Å². The molecule has 0 aliphatic rings. The minimum absolute atomic E-state index is 0.221. The molecule has 3 aromatic heterocycles. The van der Waals surface area contributed by atoms with Crippen LogP contribution < -0.4 is 5.32 Å². The molecule has 3 aromatic rings. The number of carbonyl (C=O) groups is 1. The molecule has 0 saturated heterocycles. The van der Waals surface area contributed by atoms with Gasteiger partial charge in [-0.15, -0.1) is 16.4 Å². The van der Waals surface area contributed by atoms with Crippen molar-refractivity contribution in [2.75, 3.05) is 5.32 Å². The summed E-state index contributed by atoms with van der Waals surface area (Å²) in [7, 11) is 0. The average Bonchev–Trinajstić information content (AvgIpc) is 2.94. The number of fused-ring (bicyclic) bond motifs is 1. The van der Waals surface area contributed by atoms with E-state index < -0.39 is 0 Å². The zero-order valence-corrected chi connectivity index (χ0v) is 10.2. The Labute approximate surface area is 106 Å². The van der Waals surface area contributed by atoms with Crippen LogP contribution in [0.2, 0.25) is 0 Å². The van der Waals surface area contributed by atoms with Gasteiger partial charge in [-0.1, -0.05) is 0 Å². The van der Waals surface area contributed by atoms with Crippen molar-refractivity contribution in [3.05, 3.63) is 23.8 Å². The number of anilines is 1. The molecular weight excluding hydrogens is 252 g/mol. The number of rotatable bonds is 2. The molecule has 0 aliphatic heterocycles. The van der Waals surface area contributed by atoms with Crippen molar-refractivity contribution in [3.8, 4) is 10.7 Å². The van der Waals surface area contributed by atoms with E-state index in [1.807, 2.05) is 5.38 Å². The molecule has 0 fully saturated rings. The lowest BCUT2D eigenvalue weighted by Gasteiger charge is -1.97. The van der Waals surface area contributed by atoms with Gasteiger partial charge in [0.25, 0.3) is 11.7 Å². The summed E-state index contributed by atoms with van der Waals surface area (Å²) >= 11 is 1.50. The smallest absolute Gasteiger partial charge is 0.254 e. The first-order valence-corrected chi connectivity index (χ1v) is 6.01. The Morgan fingerprint density at radius 3 is 3.00 bits per heavy atom. The first-order chi connectivity index (χ1) is 8.74. The normalized spacial score (nSPS) is 10.7. The van der Waals surface area contributed by atoms with Gasteiger partial charge in [-0.05, 0) is 6.07 Å². The van der Waals surface area contributed by atoms with E-state index in [4.69, 9.17) is 0 Å². The fraction of sp³-hybridized carbons (Fsp3) is 0.100. The van der Waals surface area contributed by atoms with Gasteiger partial charge < -0.3 is 0 Å². The van der Waals surface area contributed by atoms with Crippen molar-refractivity contribution >= 4 is 29.0 Å². The molecule has 0 spiro atoms. The maximum Gasteiger partial charge on any atom is 0.254 e. The molecule has 0 atom stereocenters. The molecule has 0 aromatic carbocycles. The highest BCUT2D eigenvalue weighted by Gasteiger charge is 2.11. The summed E-state index contributed by atoms with van der Waals surface area (Å²) in [5.74, 6) is 0.437. The van der Waals surface area contributed by atoms with Gasteiger partial charge in [-0.25, -0.2) is 9.97 Å². The van der Waals surface area contributed by atoms with Gasteiger partial charge in [0.2, 0.25) is 5.91 Å². The molecule has 3 heterocycles. The summed E-state index contributed by atoms with van der Waals surface area (Å²) in [6.07, 6.45) is 3.36. The Morgan fingerprint density at radius 2 is 2.28 bits per heavy atom. The second-order valence-corrected chi connectivity index (χ2v) is 4.39. The van der Waals surface area contributed by atoms with E-state index in [0.717, 1.165) is 10.7 Å². The summed E-state index contributed by atoms with van der Waals surface area (Å²) in [6.45, 7) is 1.40.